The van der Waals surface area contributed by atoms with Gasteiger partial charge in [-0.2, -0.15) is 0 Å². The van der Waals surface area contributed by atoms with Crippen LogP contribution in [0.4, 0.5) is 0 Å². The van der Waals surface area contributed by atoms with E-state index in [4.69, 9.17) is 11.5 Å². The van der Waals surface area contributed by atoms with E-state index in [2.05, 4.69) is 5.32 Å². The molecule has 0 radical (unpaired) electrons. The molecule has 94 valence electrons. The van der Waals surface area contributed by atoms with Gasteiger partial charge in [0.25, 0.3) is 0 Å². The molecular weight excluding hydrogens is 206 g/mol. The van der Waals surface area contributed by atoms with Crippen molar-refractivity contribution in [2.45, 2.75) is 46.1 Å². The summed E-state index contributed by atoms with van der Waals surface area (Å²) in [4.78, 5) is 22.9. The summed E-state index contributed by atoms with van der Waals surface area (Å²) in [6.07, 6.45) is 1.12. The second-order valence-electron chi connectivity index (χ2n) is 4.79. The molecule has 0 aliphatic rings. The second kappa shape index (κ2) is 5.30. The van der Waals surface area contributed by atoms with Crippen molar-refractivity contribution in [2.24, 2.45) is 16.9 Å². The molecule has 5 heteroatoms. The van der Waals surface area contributed by atoms with Gasteiger partial charge in [-0.3, -0.25) is 9.59 Å². The lowest BCUT2D eigenvalue weighted by Gasteiger charge is -2.28. The van der Waals surface area contributed by atoms with Crippen LogP contribution in [0.3, 0.4) is 0 Å². The number of hydrogen-bond donors (Lipinski definition) is 3. The molecular formula is C11H23N3O2. The molecule has 0 spiro atoms. The highest BCUT2D eigenvalue weighted by Gasteiger charge is 2.32. The van der Waals surface area contributed by atoms with Crippen LogP contribution in [0.5, 0.6) is 0 Å². The van der Waals surface area contributed by atoms with Crippen LogP contribution in [-0.4, -0.2) is 23.9 Å². The molecule has 0 aromatic rings. The minimum Gasteiger partial charge on any atom is -0.369 e. The molecule has 0 aliphatic carbocycles. The van der Waals surface area contributed by atoms with Crippen molar-refractivity contribution < 1.29 is 9.59 Å². The molecule has 0 saturated carbocycles. The summed E-state index contributed by atoms with van der Waals surface area (Å²) in [5.41, 5.74) is 9.52. The molecule has 16 heavy (non-hydrogen) atoms. The molecule has 0 rings (SSSR count). The SMILES string of the molecule is CCC(N)(CC)C(=O)NCC(C)(C)C(N)=O. The van der Waals surface area contributed by atoms with Crippen LogP contribution in [-0.2, 0) is 9.59 Å². The Labute approximate surface area is 96.9 Å². The number of carbonyl (C=O) groups is 2. The van der Waals surface area contributed by atoms with Crippen molar-refractivity contribution in [1.82, 2.24) is 5.32 Å². The molecule has 0 aromatic carbocycles. The Bertz CT molecular complexity index is 270. The molecule has 2 amide bonds. The largest absolute Gasteiger partial charge is 0.369 e. The fourth-order valence-corrected chi connectivity index (χ4v) is 1.14. The maximum absolute atomic E-state index is 11.8. The van der Waals surface area contributed by atoms with Gasteiger partial charge in [0.2, 0.25) is 11.8 Å². The van der Waals surface area contributed by atoms with Crippen LogP contribution in [0, 0.1) is 5.41 Å². The summed E-state index contributed by atoms with van der Waals surface area (Å²) in [6.45, 7) is 7.31. The minimum atomic E-state index is -0.853. The summed E-state index contributed by atoms with van der Waals surface area (Å²) in [6, 6.07) is 0. The van der Waals surface area contributed by atoms with Crippen LogP contribution < -0.4 is 16.8 Å². The third kappa shape index (κ3) is 3.48. The summed E-state index contributed by atoms with van der Waals surface area (Å²) in [7, 11) is 0. The van der Waals surface area contributed by atoms with Crippen molar-refractivity contribution in [3.63, 3.8) is 0 Å². The van der Waals surface area contributed by atoms with E-state index >= 15 is 0 Å². The Hall–Kier alpha value is -1.10. The number of rotatable bonds is 6. The molecule has 0 fully saturated rings. The van der Waals surface area contributed by atoms with E-state index in [0.717, 1.165) is 0 Å². The maximum Gasteiger partial charge on any atom is 0.240 e. The van der Waals surface area contributed by atoms with Gasteiger partial charge in [0, 0.05) is 6.54 Å². The van der Waals surface area contributed by atoms with E-state index in [-0.39, 0.29) is 12.5 Å². The molecule has 0 aromatic heterocycles. The number of nitrogens with one attached hydrogen (secondary N) is 1. The van der Waals surface area contributed by atoms with Crippen LogP contribution in [0.15, 0.2) is 0 Å². The van der Waals surface area contributed by atoms with Crippen LogP contribution >= 0.6 is 0 Å². The zero-order valence-corrected chi connectivity index (χ0v) is 10.6. The number of carbonyl (C=O) groups excluding carboxylic acids is 2. The first kappa shape index (κ1) is 14.9. The van der Waals surface area contributed by atoms with E-state index in [9.17, 15) is 9.59 Å². The summed E-state index contributed by atoms with van der Waals surface area (Å²) in [5.74, 6) is -0.671. The molecule has 0 atom stereocenters. The normalized spacial score (nSPS) is 12.3. The van der Waals surface area contributed by atoms with E-state index in [0.29, 0.717) is 12.8 Å². The number of hydrogen-bond acceptors (Lipinski definition) is 3. The summed E-state index contributed by atoms with van der Waals surface area (Å²) >= 11 is 0. The average molecular weight is 229 g/mol. The first-order valence-electron chi connectivity index (χ1n) is 5.56. The third-order valence-corrected chi connectivity index (χ3v) is 3.07. The fraction of sp³-hybridized carbons (Fsp3) is 0.818. The van der Waals surface area contributed by atoms with Crippen molar-refractivity contribution in [3.8, 4) is 0 Å². The number of nitrogens with two attached hydrogens (primary N) is 2. The highest BCUT2D eigenvalue weighted by atomic mass is 16.2. The first-order valence-corrected chi connectivity index (χ1v) is 5.56. The van der Waals surface area contributed by atoms with Gasteiger partial charge in [-0.25, -0.2) is 0 Å². The lowest BCUT2D eigenvalue weighted by atomic mass is 9.90. The monoisotopic (exact) mass is 229 g/mol. The van der Waals surface area contributed by atoms with Gasteiger partial charge in [0.1, 0.15) is 0 Å². The predicted molar refractivity (Wildman–Crippen MR) is 63.5 cm³/mol. The highest BCUT2D eigenvalue weighted by molar-refractivity contribution is 5.87. The van der Waals surface area contributed by atoms with Gasteiger partial charge < -0.3 is 16.8 Å². The molecule has 0 heterocycles. The molecule has 0 saturated heterocycles. The van der Waals surface area contributed by atoms with Gasteiger partial charge >= 0.3 is 0 Å². The summed E-state index contributed by atoms with van der Waals surface area (Å²) in [5, 5.41) is 2.68. The van der Waals surface area contributed by atoms with E-state index in [1.54, 1.807) is 13.8 Å². The zero-order chi connectivity index (χ0) is 13.0. The fourth-order valence-electron chi connectivity index (χ4n) is 1.14. The standard InChI is InChI=1S/C11H23N3O2/c1-5-11(13,6-2)9(16)14-7-10(3,4)8(12)15/h5-7,13H2,1-4H3,(H2,12,15)(H,14,16). The van der Waals surface area contributed by atoms with E-state index in [1.807, 2.05) is 13.8 Å². The van der Waals surface area contributed by atoms with Crippen LogP contribution in [0.2, 0.25) is 0 Å². The Kier molecular flexibility index (Phi) is 4.93. The van der Waals surface area contributed by atoms with E-state index in [1.165, 1.54) is 0 Å². The summed E-state index contributed by atoms with van der Waals surface area (Å²) < 4.78 is 0. The van der Waals surface area contributed by atoms with Crippen LogP contribution in [0.25, 0.3) is 0 Å². The molecule has 5 nitrogen and oxygen atoms in total. The number of amides is 2. The average Bonchev–Trinajstić information content (AvgIpc) is 2.24. The Morgan fingerprint density at radius 3 is 1.94 bits per heavy atom. The third-order valence-electron chi connectivity index (χ3n) is 3.07. The lowest BCUT2D eigenvalue weighted by molar-refractivity contribution is -0.129. The van der Waals surface area contributed by atoms with Crippen molar-refractivity contribution >= 4 is 11.8 Å². The number of primary amides is 1. The van der Waals surface area contributed by atoms with Gasteiger partial charge in [-0.15, -0.1) is 0 Å². The van der Waals surface area contributed by atoms with Crippen molar-refractivity contribution in [2.75, 3.05) is 6.54 Å². The topological polar surface area (TPSA) is 98.2 Å². The van der Waals surface area contributed by atoms with Gasteiger partial charge in [0.05, 0.1) is 11.0 Å². The molecule has 5 N–H and O–H groups in total. The van der Waals surface area contributed by atoms with Crippen molar-refractivity contribution in [3.05, 3.63) is 0 Å². The van der Waals surface area contributed by atoms with Crippen molar-refractivity contribution in [1.29, 1.82) is 0 Å². The second-order valence-corrected chi connectivity index (χ2v) is 4.79. The highest BCUT2D eigenvalue weighted by Crippen LogP contribution is 2.15. The first-order chi connectivity index (χ1) is 7.19. The maximum atomic E-state index is 11.8. The zero-order valence-electron chi connectivity index (χ0n) is 10.6. The quantitative estimate of drug-likeness (QED) is 0.604. The van der Waals surface area contributed by atoms with Gasteiger partial charge in [-0.1, -0.05) is 13.8 Å². The predicted octanol–water partition coefficient (Wildman–Crippen LogP) is 0.132. The van der Waals surface area contributed by atoms with Crippen LogP contribution in [0.1, 0.15) is 40.5 Å². The molecule has 0 unspecified atom stereocenters. The van der Waals surface area contributed by atoms with Gasteiger partial charge in [0.15, 0.2) is 0 Å². The Morgan fingerprint density at radius 2 is 1.62 bits per heavy atom. The Balaban J connectivity index is 4.43. The van der Waals surface area contributed by atoms with Gasteiger partial charge in [-0.05, 0) is 26.7 Å². The molecule has 0 aliphatic heterocycles. The smallest absolute Gasteiger partial charge is 0.240 e. The molecule has 0 bridgehead atoms. The Morgan fingerprint density at radius 1 is 1.19 bits per heavy atom. The lowest BCUT2D eigenvalue weighted by Crippen LogP contribution is -2.55. The minimum absolute atomic E-state index is 0.208. The van der Waals surface area contributed by atoms with E-state index < -0.39 is 16.9 Å².